The maximum absolute atomic E-state index is 5.25. The van der Waals surface area contributed by atoms with Crippen LogP contribution >= 0.6 is 12.2 Å². The SMILES string of the molecule is Cc1cc(NC(=S)NC2CCCCC2)n[nH]1. The summed E-state index contributed by atoms with van der Waals surface area (Å²) in [6, 6.07) is 2.48. The zero-order valence-corrected chi connectivity index (χ0v) is 10.4. The number of aryl methyl sites for hydroxylation is 1. The molecule has 1 heterocycles. The molecule has 0 atom stereocenters. The molecule has 1 aromatic heterocycles. The Hall–Kier alpha value is -1.10. The smallest absolute Gasteiger partial charge is 0.172 e. The molecule has 0 saturated heterocycles. The standard InChI is InChI=1S/C11H18N4S/c1-8-7-10(15-14-8)13-11(16)12-9-5-3-2-4-6-9/h7,9H,2-6H2,1H3,(H3,12,13,14,15,16). The minimum atomic E-state index is 0.536. The van der Waals surface area contributed by atoms with Crippen LogP contribution < -0.4 is 10.6 Å². The van der Waals surface area contributed by atoms with Gasteiger partial charge < -0.3 is 10.6 Å². The Morgan fingerprint density at radius 3 is 2.81 bits per heavy atom. The van der Waals surface area contributed by atoms with Crippen LogP contribution in [0.4, 0.5) is 5.82 Å². The first-order valence-corrected chi connectivity index (χ1v) is 6.24. The topological polar surface area (TPSA) is 52.7 Å². The molecule has 3 N–H and O–H groups in total. The fourth-order valence-electron chi connectivity index (χ4n) is 2.07. The Balaban J connectivity index is 1.79. The Morgan fingerprint density at radius 2 is 2.19 bits per heavy atom. The minimum absolute atomic E-state index is 0.536. The van der Waals surface area contributed by atoms with Gasteiger partial charge >= 0.3 is 0 Å². The molecule has 0 unspecified atom stereocenters. The molecule has 1 aromatic rings. The van der Waals surface area contributed by atoms with Gasteiger partial charge in [-0.2, -0.15) is 5.10 Å². The number of hydrogen-bond donors (Lipinski definition) is 3. The monoisotopic (exact) mass is 238 g/mol. The molecule has 1 aliphatic rings. The van der Waals surface area contributed by atoms with Gasteiger partial charge in [-0.1, -0.05) is 19.3 Å². The van der Waals surface area contributed by atoms with Crippen molar-refractivity contribution in [1.29, 1.82) is 0 Å². The van der Waals surface area contributed by atoms with Crippen LogP contribution in [0, 0.1) is 6.92 Å². The molecule has 0 aliphatic heterocycles. The van der Waals surface area contributed by atoms with E-state index in [9.17, 15) is 0 Å². The number of hydrogen-bond acceptors (Lipinski definition) is 2. The van der Waals surface area contributed by atoms with Crippen LogP contribution in [-0.2, 0) is 0 Å². The second-order valence-corrected chi connectivity index (χ2v) is 4.78. The average molecular weight is 238 g/mol. The van der Waals surface area contributed by atoms with E-state index < -0.39 is 0 Å². The molecular formula is C11H18N4S. The average Bonchev–Trinajstić information content (AvgIpc) is 2.65. The maximum Gasteiger partial charge on any atom is 0.172 e. The Bertz CT molecular complexity index is 355. The lowest BCUT2D eigenvalue weighted by Gasteiger charge is -2.23. The summed E-state index contributed by atoms with van der Waals surface area (Å²) >= 11 is 5.25. The number of thiocarbonyl (C=S) groups is 1. The number of anilines is 1. The fourth-order valence-corrected chi connectivity index (χ4v) is 2.34. The van der Waals surface area contributed by atoms with Crippen molar-refractivity contribution >= 4 is 23.1 Å². The van der Waals surface area contributed by atoms with Crippen molar-refractivity contribution in [2.45, 2.75) is 45.1 Å². The lowest BCUT2D eigenvalue weighted by Crippen LogP contribution is -2.38. The normalized spacial score (nSPS) is 17.1. The largest absolute Gasteiger partial charge is 0.360 e. The highest BCUT2D eigenvalue weighted by Gasteiger charge is 2.14. The lowest BCUT2D eigenvalue weighted by atomic mass is 9.96. The first-order chi connectivity index (χ1) is 7.74. The van der Waals surface area contributed by atoms with E-state index in [1.165, 1.54) is 32.1 Å². The van der Waals surface area contributed by atoms with Crippen molar-refractivity contribution in [2.24, 2.45) is 0 Å². The number of H-pyrrole nitrogens is 1. The molecule has 0 radical (unpaired) electrons. The van der Waals surface area contributed by atoms with Gasteiger partial charge in [-0.25, -0.2) is 0 Å². The van der Waals surface area contributed by atoms with Crippen LogP contribution in [0.15, 0.2) is 6.07 Å². The number of nitrogens with one attached hydrogen (secondary N) is 3. The van der Waals surface area contributed by atoms with Crippen molar-refractivity contribution in [3.8, 4) is 0 Å². The Kier molecular flexibility index (Phi) is 3.77. The summed E-state index contributed by atoms with van der Waals surface area (Å²) in [6.45, 7) is 1.97. The fraction of sp³-hybridized carbons (Fsp3) is 0.636. The van der Waals surface area contributed by atoms with Crippen molar-refractivity contribution in [3.05, 3.63) is 11.8 Å². The third kappa shape index (κ3) is 3.20. The number of aromatic amines is 1. The molecule has 0 spiro atoms. The highest BCUT2D eigenvalue weighted by atomic mass is 32.1. The van der Waals surface area contributed by atoms with E-state index >= 15 is 0 Å². The zero-order chi connectivity index (χ0) is 11.4. The second kappa shape index (κ2) is 5.30. The molecule has 1 aliphatic carbocycles. The molecule has 5 heteroatoms. The summed E-state index contributed by atoms with van der Waals surface area (Å²) in [5.74, 6) is 0.783. The van der Waals surface area contributed by atoms with Gasteiger partial charge in [0.05, 0.1) is 0 Å². The van der Waals surface area contributed by atoms with Crippen LogP contribution in [-0.4, -0.2) is 21.4 Å². The van der Waals surface area contributed by atoms with Gasteiger partial charge in [0.1, 0.15) is 0 Å². The van der Waals surface area contributed by atoms with Gasteiger partial charge in [-0.15, -0.1) is 0 Å². The first-order valence-electron chi connectivity index (χ1n) is 5.83. The maximum atomic E-state index is 5.25. The summed E-state index contributed by atoms with van der Waals surface area (Å²) < 4.78 is 0. The molecule has 88 valence electrons. The van der Waals surface area contributed by atoms with Gasteiger partial charge in [0.25, 0.3) is 0 Å². The molecule has 4 nitrogen and oxygen atoms in total. The van der Waals surface area contributed by atoms with Crippen molar-refractivity contribution in [2.75, 3.05) is 5.32 Å². The molecule has 0 aromatic carbocycles. The highest BCUT2D eigenvalue weighted by Crippen LogP contribution is 2.17. The van der Waals surface area contributed by atoms with E-state index in [2.05, 4.69) is 20.8 Å². The molecule has 2 rings (SSSR count). The van der Waals surface area contributed by atoms with E-state index in [1.54, 1.807) is 0 Å². The van der Waals surface area contributed by atoms with Gasteiger partial charge in [-0.3, -0.25) is 5.10 Å². The van der Waals surface area contributed by atoms with Gasteiger partial charge in [-0.05, 0) is 32.0 Å². The van der Waals surface area contributed by atoms with Crippen molar-refractivity contribution in [3.63, 3.8) is 0 Å². The number of rotatable bonds is 2. The number of aromatic nitrogens is 2. The van der Waals surface area contributed by atoms with Crippen LogP contribution in [0.3, 0.4) is 0 Å². The Labute approximate surface area is 101 Å². The van der Waals surface area contributed by atoms with Gasteiger partial charge in [0.2, 0.25) is 0 Å². The van der Waals surface area contributed by atoms with Crippen LogP contribution in [0.25, 0.3) is 0 Å². The highest BCUT2D eigenvalue weighted by molar-refractivity contribution is 7.80. The summed E-state index contributed by atoms with van der Waals surface area (Å²) in [7, 11) is 0. The van der Waals surface area contributed by atoms with Crippen LogP contribution in [0.1, 0.15) is 37.8 Å². The van der Waals surface area contributed by atoms with E-state index in [0.29, 0.717) is 11.2 Å². The molecule has 0 amide bonds. The van der Waals surface area contributed by atoms with Crippen molar-refractivity contribution in [1.82, 2.24) is 15.5 Å². The third-order valence-corrected chi connectivity index (χ3v) is 3.11. The van der Waals surface area contributed by atoms with E-state index in [4.69, 9.17) is 12.2 Å². The number of nitrogens with zero attached hydrogens (tertiary/aromatic N) is 1. The first kappa shape index (κ1) is 11.4. The molecular weight excluding hydrogens is 220 g/mol. The van der Waals surface area contributed by atoms with Crippen molar-refractivity contribution < 1.29 is 0 Å². The molecule has 1 saturated carbocycles. The zero-order valence-electron chi connectivity index (χ0n) is 9.55. The second-order valence-electron chi connectivity index (χ2n) is 4.37. The van der Waals surface area contributed by atoms with Crippen LogP contribution in [0.2, 0.25) is 0 Å². The minimum Gasteiger partial charge on any atom is -0.360 e. The van der Waals surface area contributed by atoms with Gasteiger partial charge in [0.15, 0.2) is 10.9 Å². The summed E-state index contributed by atoms with van der Waals surface area (Å²) in [5.41, 5.74) is 1.03. The van der Waals surface area contributed by atoms with Gasteiger partial charge in [0, 0.05) is 17.8 Å². The predicted molar refractivity (Wildman–Crippen MR) is 69.6 cm³/mol. The van der Waals surface area contributed by atoms with Crippen LogP contribution in [0.5, 0.6) is 0 Å². The summed E-state index contributed by atoms with van der Waals surface area (Å²) in [6.07, 6.45) is 6.42. The summed E-state index contributed by atoms with van der Waals surface area (Å²) in [5, 5.41) is 14.1. The molecule has 16 heavy (non-hydrogen) atoms. The predicted octanol–water partition coefficient (Wildman–Crippen LogP) is 2.34. The van der Waals surface area contributed by atoms with E-state index in [-0.39, 0.29) is 0 Å². The van der Waals surface area contributed by atoms with E-state index in [1.807, 2.05) is 13.0 Å². The molecule has 0 bridgehead atoms. The molecule has 1 fully saturated rings. The third-order valence-electron chi connectivity index (χ3n) is 2.89. The Morgan fingerprint density at radius 1 is 1.44 bits per heavy atom. The van der Waals surface area contributed by atoms with E-state index in [0.717, 1.165) is 11.5 Å². The lowest BCUT2D eigenvalue weighted by molar-refractivity contribution is 0.415. The quantitative estimate of drug-likeness (QED) is 0.692. The summed E-state index contributed by atoms with van der Waals surface area (Å²) in [4.78, 5) is 0.